The molecule has 3 nitrogen and oxygen atoms in total. The van der Waals surface area contributed by atoms with E-state index in [0.29, 0.717) is 12.1 Å². The molecule has 0 amide bonds. The molecule has 2 heterocycles. The van der Waals surface area contributed by atoms with Gasteiger partial charge in [-0.05, 0) is 20.3 Å². The topological polar surface area (TPSA) is 26.7 Å². The Bertz CT molecular complexity index is 184. The van der Waals surface area contributed by atoms with Crippen molar-refractivity contribution in [2.75, 3.05) is 26.2 Å². The Balaban J connectivity index is 1.93. The van der Waals surface area contributed by atoms with Crippen LogP contribution in [0, 0.1) is 0 Å². The van der Waals surface area contributed by atoms with Gasteiger partial charge in [0.2, 0.25) is 0 Å². The summed E-state index contributed by atoms with van der Waals surface area (Å²) < 4.78 is 0. The van der Waals surface area contributed by atoms with Crippen molar-refractivity contribution in [3.8, 4) is 0 Å². The third-order valence-electron chi connectivity index (χ3n) is 3.36. The fourth-order valence-electron chi connectivity index (χ4n) is 2.51. The molecule has 2 saturated heterocycles. The first-order valence-corrected chi connectivity index (χ1v) is 5.33. The highest BCUT2D eigenvalue weighted by Crippen LogP contribution is 2.22. The van der Waals surface area contributed by atoms with E-state index in [2.05, 4.69) is 23.6 Å². The van der Waals surface area contributed by atoms with Crippen LogP contribution in [0.25, 0.3) is 0 Å². The quantitative estimate of drug-likeness (QED) is 0.628. The molecule has 0 bridgehead atoms. The number of hydrogen-bond acceptors (Lipinski definition) is 3. The van der Waals surface area contributed by atoms with Crippen molar-refractivity contribution in [1.82, 2.24) is 9.80 Å². The van der Waals surface area contributed by atoms with Crippen molar-refractivity contribution in [3.05, 3.63) is 0 Å². The molecular formula is C10H20N2O. The first-order valence-electron chi connectivity index (χ1n) is 5.33. The Morgan fingerprint density at radius 1 is 1.23 bits per heavy atom. The van der Waals surface area contributed by atoms with Crippen molar-refractivity contribution in [2.45, 2.75) is 38.5 Å². The minimum atomic E-state index is -0.0721. The van der Waals surface area contributed by atoms with Gasteiger partial charge in [-0.2, -0.15) is 0 Å². The molecule has 1 N–H and O–H groups in total. The molecule has 2 atom stereocenters. The molecule has 13 heavy (non-hydrogen) atoms. The summed E-state index contributed by atoms with van der Waals surface area (Å²) in [6.45, 7) is 8.86. The summed E-state index contributed by atoms with van der Waals surface area (Å²) in [6.07, 6.45) is 0.903. The lowest BCUT2D eigenvalue weighted by atomic mass is 10.1. The highest BCUT2D eigenvalue weighted by atomic mass is 16.3. The lowest BCUT2D eigenvalue weighted by Gasteiger charge is -2.39. The molecule has 2 fully saturated rings. The van der Waals surface area contributed by atoms with Crippen LogP contribution in [0.3, 0.4) is 0 Å². The van der Waals surface area contributed by atoms with Gasteiger partial charge in [-0.15, -0.1) is 0 Å². The number of fused-ring (bicyclic) bond motifs is 1. The van der Waals surface area contributed by atoms with Gasteiger partial charge in [0.15, 0.2) is 0 Å². The first kappa shape index (κ1) is 9.44. The Labute approximate surface area is 80.3 Å². The predicted octanol–water partition coefficient (Wildman–Crippen LogP) is 0.146. The van der Waals surface area contributed by atoms with Gasteiger partial charge in [-0.25, -0.2) is 0 Å². The second kappa shape index (κ2) is 3.56. The lowest BCUT2D eigenvalue weighted by molar-refractivity contribution is 0.0814. The molecule has 0 aromatic heterocycles. The zero-order valence-corrected chi connectivity index (χ0v) is 8.61. The fraction of sp³-hybridized carbons (Fsp3) is 1.00. The molecule has 0 aliphatic carbocycles. The number of aliphatic hydroxyl groups excluding tert-OH is 1. The van der Waals surface area contributed by atoms with Gasteiger partial charge >= 0.3 is 0 Å². The molecule has 0 saturated carbocycles. The third kappa shape index (κ3) is 1.87. The van der Waals surface area contributed by atoms with E-state index in [-0.39, 0.29) is 6.10 Å². The number of hydrogen-bond donors (Lipinski definition) is 1. The molecule has 2 rings (SSSR count). The average Bonchev–Trinajstić information content (AvgIpc) is 2.42. The highest BCUT2D eigenvalue weighted by Gasteiger charge is 2.35. The van der Waals surface area contributed by atoms with E-state index in [9.17, 15) is 5.11 Å². The van der Waals surface area contributed by atoms with Crippen molar-refractivity contribution >= 4 is 0 Å². The van der Waals surface area contributed by atoms with Crippen molar-refractivity contribution in [1.29, 1.82) is 0 Å². The first-order chi connectivity index (χ1) is 6.16. The summed E-state index contributed by atoms with van der Waals surface area (Å²) in [6, 6.07) is 1.27. The third-order valence-corrected chi connectivity index (χ3v) is 3.36. The molecule has 3 heteroatoms. The van der Waals surface area contributed by atoms with Crippen LogP contribution in [0.15, 0.2) is 0 Å². The molecule has 76 valence electrons. The van der Waals surface area contributed by atoms with E-state index < -0.39 is 0 Å². The molecule has 0 radical (unpaired) electrons. The summed E-state index contributed by atoms with van der Waals surface area (Å²) in [7, 11) is 0. The normalized spacial score (nSPS) is 36.9. The maximum Gasteiger partial charge on any atom is 0.0682 e. The smallest absolute Gasteiger partial charge is 0.0682 e. The summed E-state index contributed by atoms with van der Waals surface area (Å²) in [4.78, 5) is 4.95. The maximum absolute atomic E-state index is 9.52. The van der Waals surface area contributed by atoms with Crippen molar-refractivity contribution < 1.29 is 5.11 Å². The van der Waals surface area contributed by atoms with Crippen molar-refractivity contribution in [3.63, 3.8) is 0 Å². The van der Waals surface area contributed by atoms with Crippen LogP contribution in [0.2, 0.25) is 0 Å². The highest BCUT2D eigenvalue weighted by molar-refractivity contribution is 4.91. The van der Waals surface area contributed by atoms with Crippen LogP contribution in [0.4, 0.5) is 0 Å². The van der Waals surface area contributed by atoms with Gasteiger partial charge in [0, 0.05) is 38.3 Å². The van der Waals surface area contributed by atoms with E-state index in [4.69, 9.17) is 0 Å². The van der Waals surface area contributed by atoms with E-state index >= 15 is 0 Å². The SMILES string of the molecule is CC(C)N1CCN2C[C@H](O)C[C@@H]2C1. The molecule has 0 spiro atoms. The van der Waals surface area contributed by atoms with Crippen LogP contribution in [-0.4, -0.2) is 59.3 Å². The molecule has 0 aromatic rings. The number of aliphatic hydroxyl groups is 1. The molecule has 2 aliphatic rings. The summed E-state index contributed by atoms with van der Waals surface area (Å²) >= 11 is 0. The van der Waals surface area contributed by atoms with Gasteiger partial charge in [0.1, 0.15) is 0 Å². The van der Waals surface area contributed by atoms with Crippen LogP contribution in [0.5, 0.6) is 0 Å². The average molecular weight is 184 g/mol. The minimum absolute atomic E-state index is 0.0721. The predicted molar refractivity (Wildman–Crippen MR) is 52.7 cm³/mol. The minimum Gasteiger partial charge on any atom is -0.392 e. The zero-order chi connectivity index (χ0) is 9.42. The van der Waals surface area contributed by atoms with Crippen molar-refractivity contribution in [2.24, 2.45) is 0 Å². The summed E-state index contributed by atoms with van der Waals surface area (Å²) in [5.74, 6) is 0. The monoisotopic (exact) mass is 184 g/mol. The Kier molecular flexibility index (Phi) is 2.58. The summed E-state index contributed by atoms with van der Waals surface area (Å²) in [5, 5.41) is 9.52. The second-order valence-electron chi connectivity index (χ2n) is 4.63. The Morgan fingerprint density at radius 3 is 2.69 bits per heavy atom. The lowest BCUT2D eigenvalue weighted by Crippen LogP contribution is -2.52. The van der Waals surface area contributed by atoms with E-state index in [1.54, 1.807) is 0 Å². The molecule has 2 aliphatic heterocycles. The van der Waals surface area contributed by atoms with Crippen LogP contribution < -0.4 is 0 Å². The number of rotatable bonds is 1. The van der Waals surface area contributed by atoms with E-state index in [1.165, 1.54) is 6.54 Å². The van der Waals surface area contributed by atoms with Gasteiger partial charge < -0.3 is 5.11 Å². The maximum atomic E-state index is 9.52. The van der Waals surface area contributed by atoms with Gasteiger partial charge in [0.25, 0.3) is 0 Å². The van der Waals surface area contributed by atoms with Gasteiger partial charge in [0.05, 0.1) is 6.10 Å². The Hall–Kier alpha value is -0.120. The largest absolute Gasteiger partial charge is 0.392 e. The fourth-order valence-corrected chi connectivity index (χ4v) is 2.51. The van der Waals surface area contributed by atoms with Crippen LogP contribution in [-0.2, 0) is 0 Å². The van der Waals surface area contributed by atoms with E-state index in [1.807, 2.05) is 0 Å². The standard InChI is InChI=1S/C10H20N2O/c1-8(2)11-3-4-12-7-10(13)5-9(12)6-11/h8-10,13H,3-7H2,1-2H3/t9-,10-/m1/s1. The molecular weight excluding hydrogens is 164 g/mol. The van der Waals surface area contributed by atoms with Gasteiger partial charge in [-0.1, -0.05) is 0 Å². The van der Waals surface area contributed by atoms with Crippen LogP contribution in [0.1, 0.15) is 20.3 Å². The molecule has 0 unspecified atom stereocenters. The number of piperazine rings is 1. The zero-order valence-electron chi connectivity index (χ0n) is 8.61. The van der Waals surface area contributed by atoms with Crippen LogP contribution >= 0.6 is 0 Å². The van der Waals surface area contributed by atoms with Gasteiger partial charge in [-0.3, -0.25) is 9.80 Å². The second-order valence-corrected chi connectivity index (χ2v) is 4.63. The molecule has 0 aromatic carbocycles. The Morgan fingerprint density at radius 2 is 2.00 bits per heavy atom. The summed E-state index contributed by atoms with van der Waals surface area (Å²) in [5.41, 5.74) is 0. The number of nitrogens with zero attached hydrogens (tertiary/aromatic N) is 2. The van der Waals surface area contributed by atoms with E-state index in [0.717, 1.165) is 26.1 Å².